The molecule has 0 N–H and O–H groups in total. The lowest BCUT2D eigenvalue weighted by atomic mass is 9.81. The van der Waals surface area contributed by atoms with Crippen molar-refractivity contribution in [2.45, 2.75) is 56.5 Å². The van der Waals surface area contributed by atoms with Gasteiger partial charge in [-0.1, -0.05) is 52.7 Å². The van der Waals surface area contributed by atoms with Crippen molar-refractivity contribution in [1.82, 2.24) is 4.57 Å². The van der Waals surface area contributed by atoms with Crippen molar-refractivity contribution in [1.29, 1.82) is 0 Å². The molecule has 1 fully saturated rings. The van der Waals surface area contributed by atoms with Crippen LogP contribution < -0.4 is 0 Å². The van der Waals surface area contributed by atoms with Gasteiger partial charge in [0.15, 0.2) is 0 Å². The molecular formula is C37H32ClF3N2O3S2. The van der Waals surface area contributed by atoms with Crippen LogP contribution in [0.4, 0.5) is 13.2 Å². The van der Waals surface area contributed by atoms with Gasteiger partial charge in [-0.05, 0) is 110 Å². The summed E-state index contributed by atoms with van der Waals surface area (Å²) in [5.41, 5.74) is 2.97. The first-order chi connectivity index (χ1) is 23.0. The number of carbonyl (C=O) groups excluding carboxylic acids is 1. The van der Waals surface area contributed by atoms with Gasteiger partial charge in [0, 0.05) is 56.0 Å². The Morgan fingerprint density at radius 3 is 2.21 bits per heavy atom. The molecule has 0 bridgehead atoms. The summed E-state index contributed by atoms with van der Waals surface area (Å²) in [5, 5.41) is 5.87. The highest BCUT2D eigenvalue weighted by atomic mass is 35.5. The first-order valence-corrected chi connectivity index (χ1v) is 18.0. The second kappa shape index (κ2) is 14.3. The Hall–Kier alpha value is -3.86. The van der Waals surface area contributed by atoms with E-state index < -0.39 is 22.4 Å². The van der Waals surface area contributed by atoms with Gasteiger partial charge in [0.05, 0.1) is 0 Å². The van der Waals surface area contributed by atoms with Crippen LogP contribution in [0, 0.1) is 6.92 Å². The molecule has 0 saturated heterocycles. The van der Waals surface area contributed by atoms with Gasteiger partial charge in [-0.25, -0.2) is 4.21 Å². The number of thioether (sulfide) groups is 1. The standard InChI is InChI=1S/C37H32ClF3N2O3S2/c1-3-43-33-17-11-25(35(24-8-6-9-24)29-10-5-4-7-23(29)2)21-30(33)31-22-26(12-18-34(31)43)36(44)32(42-46-48(45)37(39,40)41)19-20-47-28-15-13-27(38)14-16-28/h4-5,7,10-18,21-22H,3,6,8-9,19-20H2,1-2H3/b42-32+. The molecule has 11 heteroatoms. The van der Waals surface area contributed by atoms with E-state index in [1.165, 1.54) is 34.0 Å². The zero-order chi connectivity index (χ0) is 34.0. The zero-order valence-electron chi connectivity index (χ0n) is 26.3. The fraction of sp³-hybridized carbons (Fsp3) is 0.243. The van der Waals surface area contributed by atoms with E-state index >= 15 is 0 Å². The third-order valence-corrected chi connectivity index (χ3v) is 10.4. The molecule has 1 heterocycles. The average Bonchev–Trinajstić information content (AvgIpc) is 3.36. The number of Topliss-reactive ketones (excluding diaryl/α,β-unsaturated/α-hetero) is 1. The van der Waals surface area contributed by atoms with Gasteiger partial charge in [0.25, 0.3) is 0 Å². The molecule has 48 heavy (non-hydrogen) atoms. The maximum Gasteiger partial charge on any atom is 0.510 e. The third kappa shape index (κ3) is 7.11. The number of oxime groups is 1. The minimum Gasteiger partial charge on any atom is -0.341 e. The normalized spacial score (nSPS) is 14.3. The quantitative estimate of drug-likeness (QED) is 0.0593. The molecule has 0 spiro atoms. The van der Waals surface area contributed by atoms with Gasteiger partial charge < -0.3 is 4.57 Å². The Bertz CT molecular complexity index is 2100. The number of carbonyl (C=O) groups is 1. The first kappa shape index (κ1) is 34.0. The van der Waals surface area contributed by atoms with E-state index in [1.807, 2.05) is 12.1 Å². The predicted molar refractivity (Wildman–Crippen MR) is 190 cm³/mol. The summed E-state index contributed by atoms with van der Waals surface area (Å²) in [4.78, 5) is 14.7. The number of aryl methyl sites for hydroxylation is 2. The minimum atomic E-state index is -5.14. The van der Waals surface area contributed by atoms with E-state index in [-0.39, 0.29) is 17.7 Å². The Balaban J connectivity index is 1.39. The number of rotatable bonds is 11. The van der Waals surface area contributed by atoms with Crippen molar-refractivity contribution in [3.63, 3.8) is 0 Å². The van der Waals surface area contributed by atoms with Gasteiger partial charge in [0.2, 0.25) is 5.78 Å². The topological polar surface area (TPSA) is 60.7 Å². The molecular weight excluding hydrogens is 677 g/mol. The van der Waals surface area contributed by atoms with Crippen LogP contribution in [0.15, 0.2) is 101 Å². The molecule has 4 aromatic carbocycles. The second-order valence-corrected chi connectivity index (χ2v) is 14.2. The first-order valence-electron chi connectivity index (χ1n) is 15.6. The number of alkyl halides is 3. The number of fused-ring (bicyclic) bond motifs is 3. The Kier molecular flexibility index (Phi) is 10.1. The molecule has 1 aliphatic carbocycles. The average molecular weight is 709 g/mol. The fourth-order valence-electron chi connectivity index (χ4n) is 6.03. The molecule has 1 unspecified atom stereocenters. The lowest BCUT2D eigenvalue weighted by Crippen LogP contribution is -2.20. The molecule has 5 nitrogen and oxygen atoms in total. The molecule has 5 aromatic rings. The summed E-state index contributed by atoms with van der Waals surface area (Å²) in [6.07, 6.45) is 3.25. The number of aromatic nitrogens is 1. The second-order valence-electron chi connectivity index (χ2n) is 11.5. The van der Waals surface area contributed by atoms with Crippen LogP contribution in [0.3, 0.4) is 0 Å². The van der Waals surface area contributed by atoms with Crippen molar-refractivity contribution in [2.24, 2.45) is 5.16 Å². The van der Waals surface area contributed by atoms with Crippen molar-refractivity contribution in [2.75, 3.05) is 5.75 Å². The highest BCUT2D eigenvalue weighted by molar-refractivity contribution is 7.99. The molecule has 1 saturated carbocycles. The van der Waals surface area contributed by atoms with Gasteiger partial charge >= 0.3 is 16.6 Å². The van der Waals surface area contributed by atoms with Crippen LogP contribution in [0.5, 0.6) is 0 Å². The highest BCUT2D eigenvalue weighted by Gasteiger charge is 2.40. The molecule has 0 aliphatic heterocycles. The SMILES string of the molecule is CCn1c2ccc(C(=O)/C(CCSc3ccc(Cl)cc3)=N/OS(=O)C(F)(F)F)cc2c2cc(C(=C3CCC3)c3ccccc3C)ccc21. The van der Waals surface area contributed by atoms with Gasteiger partial charge in [-0.3, -0.25) is 9.08 Å². The van der Waals surface area contributed by atoms with Crippen LogP contribution in [0.1, 0.15) is 59.7 Å². The van der Waals surface area contributed by atoms with Crippen molar-refractivity contribution in [3.05, 3.63) is 118 Å². The number of allylic oxidation sites excluding steroid dienone is 1. The smallest absolute Gasteiger partial charge is 0.341 e. The molecule has 0 amide bonds. The Labute approximate surface area is 288 Å². The zero-order valence-corrected chi connectivity index (χ0v) is 28.7. The number of hydrogen-bond donors (Lipinski definition) is 0. The fourth-order valence-corrected chi connectivity index (χ4v) is 7.26. The van der Waals surface area contributed by atoms with E-state index in [9.17, 15) is 22.2 Å². The van der Waals surface area contributed by atoms with Crippen LogP contribution >= 0.6 is 23.4 Å². The number of nitrogens with zero attached hydrogens (tertiary/aromatic N) is 2. The van der Waals surface area contributed by atoms with Crippen LogP contribution in [-0.4, -0.2) is 31.5 Å². The molecule has 0 radical (unpaired) electrons. The van der Waals surface area contributed by atoms with E-state index in [1.54, 1.807) is 36.4 Å². The van der Waals surface area contributed by atoms with E-state index in [0.29, 0.717) is 17.3 Å². The van der Waals surface area contributed by atoms with Gasteiger partial charge in [0.1, 0.15) is 5.71 Å². The van der Waals surface area contributed by atoms with Crippen molar-refractivity contribution < 1.29 is 26.5 Å². The van der Waals surface area contributed by atoms with Gasteiger partial charge in [-0.15, -0.1) is 11.8 Å². The monoisotopic (exact) mass is 708 g/mol. The Morgan fingerprint density at radius 1 is 0.958 bits per heavy atom. The largest absolute Gasteiger partial charge is 0.510 e. The molecule has 248 valence electrons. The van der Waals surface area contributed by atoms with Crippen molar-refractivity contribution in [3.8, 4) is 0 Å². The number of ketones is 1. The van der Waals surface area contributed by atoms with Crippen LogP contribution in [-0.2, 0) is 21.9 Å². The lowest BCUT2D eigenvalue weighted by Gasteiger charge is -2.24. The maximum absolute atomic E-state index is 13.9. The van der Waals surface area contributed by atoms with Crippen LogP contribution in [0.2, 0.25) is 5.02 Å². The van der Waals surface area contributed by atoms with E-state index in [4.69, 9.17) is 11.6 Å². The van der Waals surface area contributed by atoms with Crippen LogP contribution in [0.25, 0.3) is 27.4 Å². The van der Waals surface area contributed by atoms with E-state index in [2.05, 4.69) is 64.3 Å². The minimum absolute atomic E-state index is 0.0204. The Morgan fingerprint density at radius 2 is 1.60 bits per heavy atom. The summed E-state index contributed by atoms with van der Waals surface area (Å²) in [6, 6.07) is 27.2. The summed E-state index contributed by atoms with van der Waals surface area (Å²) >= 11 is 3.64. The maximum atomic E-state index is 13.9. The summed E-state index contributed by atoms with van der Waals surface area (Å²) in [5.74, 6) is -0.288. The molecule has 1 aliphatic rings. The summed E-state index contributed by atoms with van der Waals surface area (Å²) in [7, 11) is 0. The van der Waals surface area contributed by atoms with Crippen molar-refractivity contribution >= 4 is 73.3 Å². The summed E-state index contributed by atoms with van der Waals surface area (Å²) in [6.45, 7) is 4.88. The highest BCUT2D eigenvalue weighted by Crippen LogP contribution is 2.41. The van der Waals surface area contributed by atoms with E-state index in [0.717, 1.165) is 51.5 Å². The number of halogens is 4. The molecule has 1 aromatic heterocycles. The van der Waals surface area contributed by atoms with Gasteiger partial charge in [-0.2, -0.15) is 13.2 Å². The molecule has 1 atom stereocenters. The number of hydrogen-bond acceptors (Lipinski definition) is 5. The lowest BCUT2D eigenvalue weighted by molar-refractivity contribution is -0.0471. The summed E-state index contributed by atoms with van der Waals surface area (Å²) < 4.78 is 57.1. The third-order valence-electron chi connectivity index (χ3n) is 8.54. The predicted octanol–water partition coefficient (Wildman–Crippen LogP) is 10.7. The number of benzene rings is 4. The molecule has 6 rings (SSSR count).